The molecular weight excluding hydrogens is 278 g/mol. The van der Waals surface area contributed by atoms with Crippen LogP contribution in [-0.4, -0.2) is 23.3 Å². The molecule has 1 fully saturated rings. The van der Waals surface area contributed by atoms with Crippen LogP contribution in [0, 0.1) is 0 Å². The van der Waals surface area contributed by atoms with E-state index in [-0.39, 0.29) is 5.56 Å². The van der Waals surface area contributed by atoms with Crippen molar-refractivity contribution in [3.8, 4) is 0 Å². The lowest BCUT2D eigenvalue weighted by Gasteiger charge is -2.24. The van der Waals surface area contributed by atoms with Crippen molar-refractivity contribution in [2.24, 2.45) is 0 Å². The van der Waals surface area contributed by atoms with Gasteiger partial charge in [-0.15, -0.1) is 0 Å². The third-order valence-electron chi connectivity index (χ3n) is 4.50. The van der Waals surface area contributed by atoms with Crippen molar-refractivity contribution in [2.75, 3.05) is 19.5 Å². The van der Waals surface area contributed by atoms with E-state index in [1.54, 1.807) is 23.8 Å². The highest BCUT2D eigenvalue weighted by Crippen LogP contribution is 2.31. The van der Waals surface area contributed by atoms with Crippen molar-refractivity contribution in [1.29, 1.82) is 0 Å². The first-order valence-corrected chi connectivity index (χ1v) is 7.99. The molecular formula is C17H23N3O2. The zero-order valence-electron chi connectivity index (χ0n) is 13.0. The molecule has 0 spiro atoms. The van der Waals surface area contributed by atoms with E-state index in [0.29, 0.717) is 30.1 Å². The van der Waals surface area contributed by atoms with E-state index in [0.717, 1.165) is 24.2 Å². The van der Waals surface area contributed by atoms with E-state index in [1.807, 2.05) is 6.07 Å². The zero-order chi connectivity index (χ0) is 15.5. The molecule has 3 rings (SSSR count). The normalized spacial score (nSPS) is 16.2. The molecule has 1 aliphatic rings. The highest BCUT2D eigenvalue weighted by Gasteiger charge is 2.22. The van der Waals surface area contributed by atoms with Crippen LogP contribution in [0.25, 0.3) is 10.9 Å². The number of nitrogen functional groups attached to an aromatic ring is 1. The Morgan fingerprint density at radius 3 is 2.82 bits per heavy atom. The lowest BCUT2D eigenvalue weighted by molar-refractivity contribution is 0.184. The van der Waals surface area contributed by atoms with E-state index in [9.17, 15) is 4.79 Å². The molecule has 1 heterocycles. The van der Waals surface area contributed by atoms with E-state index < -0.39 is 0 Å². The smallest absolute Gasteiger partial charge is 0.261 e. The molecule has 1 saturated carbocycles. The summed E-state index contributed by atoms with van der Waals surface area (Å²) in [4.78, 5) is 17.7. The maximum absolute atomic E-state index is 12.9. The number of fused-ring (bicyclic) bond motifs is 1. The molecule has 0 radical (unpaired) electrons. The van der Waals surface area contributed by atoms with Gasteiger partial charge in [-0.3, -0.25) is 9.36 Å². The summed E-state index contributed by atoms with van der Waals surface area (Å²) in [5, 5.41) is 0.593. The second-order valence-electron chi connectivity index (χ2n) is 6.03. The van der Waals surface area contributed by atoms with Crippen LogP contribution in [0.15, 0.2) is 23.0 Å². The quantitative estimate of drug-likeness (QED) is 0.881. The highest BCUT2D eigenvalue weighted by atomic mass is 16.5. The van der Waals surface area contributed by atoms with Crippen LogP contribution >= 0.6 is 0 Å². The van der Waals surface area contributed by atoms with Gasteiger partial charge in [0, 0.05) is 18.7 Å². The number of benzene rings is 1. The molecule has 0 atom stereocenters. The fraction of sp³-hybridized carbons (Fsp3) is 0.529. The average molecular weight is 301 g/mol. The Hall–Kier alpha value is -1.88. The lowest BCUT2D eigenvalue weighted by Crippen LogP contribution is -2.29. The van der Waals surface area contributed by atoms with Crippen molar-refractivity contribution < 1.29 is 4.74 Å². The van der Waals surface area contributed by atoms with Gasteiger partial charge in [0.25, 0.3) is 5.56 Å². The van der Waals surface area contributed by atoms with Crippen LogP contribution in [0.1, 0.15) is 43.8 Å². The number of anilines is 1. The molecule has 2 N–H and O–H groups in total. The van der Waals surface area contributed by atoms with Crippen molar-refractivity contribution >= 4 is 16.6 Å². The predicted octanol–water partition coefficient (Wildman–Crippen LogP) is 2.67. The number of aromatic nitrogens is 2. The van der Waals surface area contributed by atoms with Crippen molar-refractivity contribution in [1.82, 2.24) is 9.55 Å². The van der Waals surface area contributed by atoms with Gasteiger partial charge in [0.05, 0.1) is 24.1 Å². The Morgan fingerprint density at radius 2 is 2.09 bits per heavy atom. The van der Waals surface area contributed by atoms with Gasteiger partial charge in [-0.25, -0.2) is 4.98 Å². The summed E-state index contributed by atoms with van der Waals surface area (Å²) in [7, 11) is 1.65. The number of nitrogens with two attached hydrogens (primary N) is 1. The van der Waals surface area contributed by atoms with Gasteiger partial charge in [0.1, 0.15) is 5.82 Å². The second-order valence-corrected chi connectivity index (χ2v) is 6.03. The largest absolute Gasteiger partial charge is 0.399 e. The monoisotopic (exact) mass is 301 g/mol. The van der Waals surface area contributed by atoms with E-state index in [1.165, 1.54) is 19.3 Å². The summed E-state index contributed by atoms with van der Waals surface area (Å²) >= 11 is 0. The second kappa shape index (κ2) is 6.48. The van der Waals surface area contributed by atoms with Gasteiger partial charge in [-0.05, 0) is 31.0 Å². The first-order valence-electron chi connectivity index (χ1n) is 7.99. The number of methoxy groups -OCH3 is 1. The minimum atomic E-state index is -0.00470. The third kappa shape index (κ3) is 2.86. The number of hydrogen-bond acceptors (Lipinski definition) is 4. The summed E-state index contributed by atoms with van der Waals surface area (Å²) in [5.41, 5.74) is 7.16. The Labute approximate surface area is 130 Å². The zero-order valence-corrected chi connectivity index (χ0v) is 13.0. The molecule has 0 saturated heterocycles. The Balaban J connectivity index is 2.15. The minimum Gasteiger partial charge on any atom is -0.399 e. The van der Waals surface area contributed by atoms with Crippen LogP contribution in [0.5, 0.6) is 0 Å². The summed E-state index contributed by atoms with van der Waals surface area (Å²) < 4.78 is 6.96. The summed E-state index contributed by atoms with van der Waals surface area (Å²) in [6.07, 6.45) is 5.93. The molecule has 2 aromatic rings. The molecule has 118 valence electrons. The number of hydrogen-bond donors (Lipinski definition) is 1. The molecule has 5 heteroatoms. The fourth-order valence-electron chi connectivity index (χ4n) is 3.33. The minimum absolute atomic E-state index is 0.00470. The average Bonchev–Trinajstić information content (AvgIpc) is 2.55. The molecule has 1 aromatic carbocycles. The molecule has 0 unspecified atom stereocenters. The van der Waals surface area contributed by atoms with E-state index in [2.05, 4.69) is 0 Å². The molecule has 0 bridgehead atoms. The van der Waals surface area contributed by atoms with Gasteiger partial charge < -0.3 is 10.5 Å². The summed E-state index contributed by atoms with van der Waals surface area (Å²) in [5.74, 6) is 1.29. The Kier molecular flexibility index (Phi) is 4.43. The van der Waals surface area contributed by atoms with Crippen LogP contribution in [0.4, 0.5) is 5.69 Å². The lowest BCUT2D eigenvalue weighted by atomic mass is 9.88. The first kappa shape index (κ1) is 15.0. The van der Waals surface area contributed by atoms with Gasteiger partial charge in [0.2, 0.25) is 0 Å². The first-order chi connectivity index (χ1) is 10.7. The van der Waals surface area contributed by atoms with E-state index in [4.69, 9.17) is 15.5 Å². The van der Waals surface area contributed by atoms with Crippen LogP contribution < -0.4 is 11.3 Å². The topological polar surface area (TPSA) is 70.1 Å². The molecule has 22 heavy (non-hydrogen) atoms. The molecule has 0 amide bonds. The molecule has 5 nitrogen and oxygen atoms in total. The summed E-state index contributed by atoms with van der Waals surface area (Å²) in [6.45, 7) is 1.05. The number of nitrogens with zero attached hydrogens (tertiary/aromatic N) is 2. The maximum atomic E-state index is 12.9. The van der Waals surface area contributed by atoms with Crippen molar-refractivity contribution in [2.45, 2.75) is 44.6 Å². The van der Waals surface area contributed by atoms with Gasteiger partial charge >= 0.3 is 0 Å². The Morgan fingerprint density at radius 1 is 1.32 bits per heavy atom. The molecule has 0 aliphatic heterocycles. The predicted molar refractivity (Wildman–Crippen MR) is 88.1 cm³/mol. The SMILES string of the molecule is COCCn1c(C2CCCCC2)nc2ccc(N)cc2c1=O. The number of rotatable bonds is 4. The van der Waals surface area contributed by atoms with Gasteiger partial charge in [-0.2, -0.15) is 0 Å². The van der Waals surface area contributed by atoms with Crippen LogP contribution in [0.3, 0.4) is 0 Å². The van der Waals surface area contributed by atoms with Gasteiger partial charge in [-0.1, -0.05) is 19.3 Å². The van der Waals surface area contributed by atoms with Crippen molar-refractivity contribution in [3.63, 3.8) is 0 Å². The van der Waals surface area contributed by atoms with Crippen LogP contribution in [0.2, 0.25) is 0 Å². The fourth-order valence-corrected chi connectivity index (χ4v) is 3.33. The summed E-state index contributed by atoms with van der Waals surface area (Å²) in [6, 6.07) is 5.37. The van der Waals surface area contributed by atoms with Gasteiger partial charge in [0.15, 0.2) is 0 Å². The highest BCUT2D eigenvalue weighted by molar-refractivity contribution is 5.81. The molecule has 1 aromatic heterocycles. The van der Waals surface area contributed by atoms with Crippen molar-refractivity contribution in [3.05, 3.63) is 34.4 Å². The maximum Gasteiger partial charge on any atom is 0.261 e. The third-order valence-corrected chi connectivity index (χ3v) is 4.50. The number of ether oxygens (including phenoxy) is 1. The standard InChI is InChI=1S/C17H23N3O2/c1-22-10-9-20-16(12-5-3-2-4-6-12)19-15-8-7-13(18)11-14(15)17(20)21/h7-8,11-12H,2-6,9-10,18H2,1H3. The van der Waals surface area contributed by atoms with Crippen LogP contribution in [-0.2, 0) is 11.3 Å². The molecule has 1 aliphatic carbocycles. The Bertz CT molecular complexity index is 718. The van der Waals surface area contributed by atoms with E-state index >= 15 is 0 Å².